The zero-order chi connectivity index (χ0) is 9.68. The summed E-state index contributed by atoms with van der Waals surface area (Å²) in [5, 5.41) is 10.0. The van der Waals surface area contributed by atoms with Crippen LogP contribution in [-0.2, 0) is 0 Å². The molecule has 0 saturated carbocycles. The molecule has 0 bridgehead atoms. The highest BCUT2D eigenvalue weighted by atomic mass is 79.9. The molecule has 1 rings (SSSR count). The van der Waals surface area contributed by atoms with Crippen molar-refractivity contribution >= 4 is 22.0 Å². The third kappa shape index (κ3) is 2.77. The third-order valence-electron chi connectivity index (χ3n) is 1.60. The van der Waals surface area contributed by atoms with Gasteiger partial charge in [0.15, 0.2) is 0 Å². The molecule has 1 N–H and O–H groups in total. The molecule has 70 valence electrons. The van der Waals surface area contributed by atoms with Gasteiger partial charge in [0.2, 0.25) is 0 Å². The van der Waals surface area contributed by atoms with Gasteiger partial charge in [0.05, 0.1) is 7.11 Å². The summed E-state index contributed by atoms with van der Waals surface area (Å²) in [5.74, 6) is 1.00. The molecule has 0 unspecified atom stereocenters. The van der Waals surface area contributed by atoms with E-state index in [2.05, 4.69) is 15.9 Å². The van der Waals surface area contributed by atoms with Gasteiger partial charge in [-0.1, -0.05) is 28.1 Å². The van der Waals surface area contributed by atoms with Crippen LogP contribution in [0.1, 0.15) is 5.56 Å². The van der Waals surface area contributed by atoms with Crippen LogP contribution in [-0.4, -0.2) is 17.5 Å². The Hall–Kier alpha value is -0.960. The lowest BCUT2D eigenvalue weighted by Gasteiger charge is -2.04. The molecule has 0 saturated heterocycles. The molecule has 0 aliphatic heterocycles. The van der Waals surface area contributed by atoms with Crippen LogP contribution < -0.4 is 4.74 Å². The number of hydrogen-bond donors (Lipinski definition) is 1. The maximum atomic E-state index is 9.23. The van der Waals surface area contributed by atoms with E-state index < -0.39 is 0 Å². The first-order valence-corrected chi connectivity index (χ1v) is 4.99. The topological polar surface area (TPSA) is 29.5 Å². The Kier molecular flexibility index (Phi) is 3.83. The van der Waals surface area contributed by atoms with Crippen molar-refractivity contribution in [2.24, 2.45) is 0 Å². The second-order valence-electron chi connectivity index (χ2n) is 2.48. The largest absolute Gasteiger partial charge is 0.508 e. The Morgan fingerprint density at radius 3 is 2.92 bits per heavy atom. The minimum absolute atomic E-state index is 0.245. The normalized spacial score (nSPS) is 10.6. The van der Waals surface area contributed by atoms with Crippen molar-refractivity contribution < 1.29 is 9.84 Å². The number of phenols is 1. The highest BCUT2D eigenvalue weighted by Crippen LogP contribution is 2.24. The molecule has 0 aromatic heterocycles. The van der Waals surface area contributed by atoms with Gasteiger partial charge in [-0.15, -0.1) is 0 Å². The fourth-order valence-electron chi connectivity index (χ4n) is 1.02. The number of alkyl halides is 1. The molecule has 0 amide bonds. The summed E-state index contributed by atoms with van der Waals surface area (Å²) in [6, 6.07) is 5.01. The van der Waals surface area contributed by atoms with Crippen molar-refractivity contribution in [3.05, 3.63) is 29.8 Å². The molecule has 1 aromatic rings. The average molecular weight is 243 g/mol. The van der Waals surface area contributed by atoms with Crippen LogP contribution >= 0.6 is 15.9 Å². The molecule has 0 fully saturated rings. The first-order chi connectivity index (χ1) is 6.27. The van der Waals surface area contributed by atoms with Gasteiger partial charge in [0.25, 0.3) is 0 Å². The number of aromatic hydroxyl groups is 1. The Balaban J connectivity index is 3.01. The Morgan fingerprint density at radius 2 is 2.31 bits per heavy atom. The SMILES string of the molecule is COc1ccc(O)cc1C=CCBr. The Morgan fingerprint density at radius 1 is 1.54 bits per heavy atom. The maximum Gasteiger partial charge on any atom is 0.126 e. The monoisotopic (exact) mass is 242 g/mol. The summed E-state index contributed by atoms with van der Waals surface area (Å²) in [6.07, 6.45) is 3.84. The van der Waals surface area contributed by atoms with E-state index in [1.807, 2.05) is 12.2 Å². The van der Waals surface area contributed by atoms with E-state index in [0.29, 0.717) is 0 Å². The molecule has 13 heavy (non-hydrogen) atoms. The molecule has 2 nitrogen and oxygen atoms in total. The van der Waals surface area contributed by atoms with E-state index in [-0.39, 0.29) is 5.75 Å². The van der Waals surface area contributed by atoms with Gasteiger partial charge in [-0.3, -0.25) is 0 Å². The number of rotatable bonds is 3. The summed E-state index contributed by atoms with van der Waals surface area (Å²) < 4.78 is 5.12. The molecule has 0 spiro atoms. The highest BCUT2D eigenvalue weighted by molar-refractivity contribution is 9.09. The second-order valence-corrected chi connectivity index (χ2v) is 3.13. The van der Waals surface area contributed by atoms with Crippen LogP contribution in [0.5, 0.6) is 11.5 Å². The lowest BCUT2D eigenvalue weighted by molar-refractivity contribution is 0.411. The van der Waals surface area contributed by atoms with Crippen molar-refractivity contribution in [3.63, 3.8) is 0 Å². The third-order valence-corrected chi connectivity index (χ3v) is 1.97. The summed E-state index contributed by atoms with van der Waals surface area (Å²) in [7, 11) is 1.61. The minimum atomic E-state index is 0.245. The first-order valence-electron chi connectivity index (χ1n) is 3.87. The molecule has 0 radical (unpaired) electrons. The highest BCUT2D eigenvalue weighted by Gasteiger charge is 1.99. The molecule has 0 aliphatic rings. The zero-order valence-electron chi connectivity index (χ0n) is 7.33. The molecule has 0 atom stereocenters. The number of halogens is 1. The quantitative estimate of drug-likeness (QED) is 0.827. The van der Waals surface area contributed by atoms with Gasteiger partial charge >= 0.3 is 0 Å². The van der Waals surface area contributed by atoms with E-state index in [1.165, 1.54) is 0 Å². The van der Waals surface area contributed by atoms with Crippen molar-refractivity contribution in [2.45, 2.75) is 0 Å². The van der Waals surface area contributed by atoms with Crippen molar-refractivity contribution in [1.82, 2.24) is 0 Å². The van der Waals surface area contributed by atoms with Crippen molar-refractivity contribution in [1.29, 1.82) is 0 Å². The van der Waals surface area contributed by atoms with E-state index in [0.717, 1.165) is 16.6 Å². The Labute approximate surface area is 86.0 Å². The van der Waals surface area contributed by atoms with Gasteiger partial charge in [-0.2, -0.15) is 0 Å². The lowest BCUT2D eigenvalue weighted by Crippen LogP contribution is -1.85. The Bertz CT molecular complexity index is 308. The van der Waals surface area contributed by atoms with Crippen LogP contribution in [0.25, 0.3) is 6.08 Å². The van der Waals surface area contributed by atoms with Crippen molar-refractivity contribution in [3.8, 4) is 11.5 Å². The number of hydrogen-bond acceptors (Lipinski definition) is 2. The first kappa shape index (κ1) is 10.1. The standard InChI is InChI=1S/C10H11BrO2/c1-13-10-5-4-9(12)7-8(10)3-2-6-11/h2-5,7,12H,6H2,1H3. The summed E-state index contributed by atoms with van der Waals surface area (Å²) in [4.78, 5) is 0. The lowest BCUT2D eigenvalue weighted by atomic mass is 10.2. The van der Waals surface area contributed by atoms with Crippen LogP contribution in [0.3, 0.4) is 0 Å². The number of allylic oxidation sites excluding steroid dienone is 1. The fourth-order valence-corrected chi connectivity index (χ4v) is 1.21. The molecule has 0 aliphatic carbocycles. The molecule has 0 heterocycles. The smallest absolute Gasteiger partial charge is 0.126 e. The number of ether oxygens (including phenoxy) is 1. The van der Waals surface area contributed by atoms with Crippen LogP contribution in [0.15, 0.2) is 24.3 Å². The molecular weight excluding hydrogens is 232 g/mol. The molecule has 1 aromatic carbocycles. The van der Waals surface area contributed by atoms with Crippen LogP contribution in [0.4, 0.5) is 0 Å². The predicted molar refractivity (Wildman–Crippen MR) is 57.5 cm³/mol. The van der Waals surface area contributed by atoms with Crippen LogP contribution in [0.2, 0.25) is 0 Å². The molecular formula is C10H11BrO2. The fraction of sp³-hybridized carbons (Fsp3) is 0.200. The van der Waals surface area contributed by atoms with Crippen molar-refractivity contribution in [2.75, 3.05) is 12.4 Å². The molecule has 3 heteroatoms. The zero-order valence-corrected chi connectivity index (χ0v) is 8.91. The summed E-state index contributed by atoms with van der Waals surface area (Å²) >= 11 is 3.28. The second kappa shape index (κ2) is 4.92. The van der Waals surface area contributed by atoms with Gasteiger partial charge in [0, 0.05) is 10.9 Å². The van der Waals surface area contributed by atoms with Gasteiger partial charge in [0.1, 0.15) is 11.5 Å². The van der Waals surface area contributed by atoms with Crippen LogP contribution in [0, 0.1) is 0 Å². The number of phenolic OH excluding ortho intramolecular Hbond substituents is 1. The predicted octanol–water partition coefficient (Wildman–Crippen LogP) is 2.81. The van der Waals surface area contributed by atoms with E-state index in [1.54, 1.807) is 25.3 Å². The minimum Gasteiger partial charge on any atom is -0.508 e. The summed E-state index contributed by atoms with van der Waals surface area (Å²) in [5.41, 5.74) is 0.877. The van der Waals surface area contributed by atoms with Gasteiger partial charge in [-0.25, -0.2) is 0 Å². The number of benzene rings is 1. The van der Waals surface area contributed by atoms with E-state index in [9.17, 15) is 5.11 Å². The number of methoxy groups -OCH3 is 1. The van der Waals surface area contributed by atoms with Gasteiger partial charge in [-0.05, 0) is 18.2 Å². The van der Waals surface area contributed by atoms with E-state index in [4.69, 9.17) is 4.74 Å². The average Bonchev–Trinajstić information content (AvgIpc) is 2.15. The van der Waals surface area contributed by atoms with Gasteiger partial charge < -0.3 is 9.84 Å². The van der Waals surface area contributed by atoms with E-state index >= 15 is 0 Å². The maximum absolute atomic E-state index is 9.23. The summed E-state index contributed by atoms with van der Waals surface area (Å²) in [6.45, 7) is 0.